The topological polar surface area (TPSA) is 105 Å². The molecule has 0 aromatic heterocycles. The van der Waals surface area contributed by atoms with Crippen molar-refractivity contribution in [2.75, 3.05) is 62.2 Å². The molecule has 2 saturated heterocycles. The normalized spacial score (nSPS) is 18.1. The van der Waals surface area contributed by atoms with Crippen LogP contribution >= 0.6 is 0 Å². The fourth-order valence-electron chi connectivity index (χ4n) is 4.56. The largest absolute Gasteiger partial charge is 0.379 e. The standard InChI is InChI=1S/C23H31N3O6S2/c1-17-14-18(2)23(19(3)15-17)33(27,28)24-21-16-20(34(29,30)26-8-12-32-13-9-26)4-5-22(21)25-6-10-31-11-7-25/h4-5,14-16,24H,6-13H2,1-3H3. The van der Waals surface area contributed by atoms with Gasteiger partial charge in [0.2, 0.25) is 10.0 Å². The lowest BCUT2D eigenvalue weighted by molar-refractivity contribution is 0.0730. The summed E-state index contributed by atoms with van der Waals surface area (Å²) < 4.78 is 68.4. The van der Waals surface area contributed by atoms with Crippen molar-refractivity contribution in [1.82, 2.24) is 4.31 Å². The lowest BCUT2D eigenvalue weighted by Crippen LogP contribution is -2.40. The van der Waals surface area contributed by atoms with Gasteiger partial charge < -0.3 is 14.4 Å². The zero-order chi connectivity index (χ0) is 24.5. The summed E-state index contributed by atoms with van der Waals surface area (Å²) >= 11 is 0. The summed E-state index contributed by atoms with van der Waals surface area (Å²) in [5, 5.41) is 0. The van der Waals surface area contributed by atoms with E-state index >= 15 is 0 Å². The average molecular weight is 510 g/mol. The highest BCUT2D eigenvalue weighted by atomic mass is 32.2. The summed E-state index contributed by atoms with van der Waals surface area (Å²) in [5.74, 6) is 0. The second-order valence-corrected chi connectivity index (χ2v) is 12.2. The number of anilines is 2. The zero-order valence-corrected chi connectivity index (χ0v) is 21.3. The van der Waals surface area contributed by atoms with Gasteiger partial charge in [-0.15, -0.1) is 0 Å². The van der Waals surface area contributed by atoms with E-state index in [4.69, 9.17) is 9.47 Å². The monoisotopic (exact) mass is 509 g/mol. The maximum absolute atomic E-state index is 13.5. The highest BCUT2D eigenvalue weighted by Crippen LogP contribution is 2.34. The fraction of sp³-hybridized carbons (Fsp3) is 0.478. The number of morpholine rings is 2. The quantitative estimate of drug-likeness (QED) is 0.637. The number of benzene rings is 2. The van der Waals surface area contributed by atoms with Gasteiger partial charge in [-0.3, -0.25) is 4.72 Å². The van der Waals surface area contributed by atoms with Gasteiger partial charge in [0, 0.05) is 26.2 Å². The van der Waals surface area contributed by atoms with Crippen molar-refractivity contribution in [2.45, 2.75) is 30.6 Å². The van der Waals surface area contributed by atoms with E-state index in [1.807, 2.05) is 24.0 Å². The number of nitrogens with zero attached hydrogens (tertiary/aromatic N) is 2. The molecule has 1 N–H and O–H groups in total. The van der Waals surface area contributed by atoms with Crippen molar-refractivity contribution in [3.63, 3.8) is 0 Å². The molecule has 2 aromatic rings. The number of rotatable bonds is 6. The Balaban J connectivity index is 1.78. The van der Waals surface area contributed by atoms with Crippen LogP contribution in [-0.4, -0.2) is 73.7 Å². The summed E-state index contributed by atoms with van der Waals surface area (Å²) in [6.45, 7) is 8.79. The van der Waals surface area contributed by atoms with E-state index in [1.54, 1.807) is 19.9 Å². The first-order valence-corrected chi connectivity index (χ1v) is 14.2. The summed E-state index contributed by atoms with van der Waals surface area (Å²) in [4.78, 5) is 2.25. The third kappa shape index (κ3) is 5.08. The summed E-state index contributed by atoms with van der Waals surface area (Å²) in [5.41, 5.74) is 3.09. The van der Waals surface area contributed by atoms with Gasteiger partial charge in [-0.2, -0.15) is 4.31 Å². The Labute approximate surface area is 201 Å². The highest BCUT2D eigenvalue weighted by Gasteiger charge is 2.29. The van der Waals surface area contributed by atoms with Gasteiger partial charge in [-0.05, 0) is 50.1 Å². The van der Waals surface area contributed by atoms with Gasteiger partial charge in [-0.25, -0.2) is 16.8 Å². The fourth-order valence-corrected chi connectivity index (χ4v) is 7.52. The first-order valence-electron chi connectivity index (χ1n) is 11.2. The molecule has 34 heavy (non-hydrogen) atoms. The molecule has 2 aromatic carbocycles. The van der Waals surface area contributed by atoms with E-state index in [1.165, 1.54) is 16.4 Å². The van der Waals surface area contributed by atoms with Crippen LogP contribution in [0.2, 0.25) is 0 Å². The molecule has 2 fully saturated rings. The van der Waals surface area contributed by atoms with Crippen molar-refractivity contribution in [3.05, 3.63) is 47.0 Å². The number of hydrogen-bond acceptors (Lipinski definition) is 7. The molecule has 0 unspecified atom stereocenters. The molecule has 186 valence electrons. The molecule has 0 spiro atoms. The van der Waals surface area contributed by atoms with E-state index in [9.17, 15) is 16.8 Å². The Kier molecular flexibility index (Phi) is 7.20. The lowest BCUT2D eigenvalue weighted by atomic mass is 10.1. The van der Waals surface area contributed by atoms with Gasteiger partial charge in [0.05, 0.1) is 47.6 Å². The number of sulfonamides is 2. The molecular formula is C23H31N3O6S2. The van der Waals surface area contributed by atoms with Crippen LogP contribution in [-0.2, 0) is 29.5 Å². The third-order valence-electron chi connectivity index (χ3n) is 6.05. The molecule has 2 aliphatic heterocycles. The second-order valence-electron chi connectivity index (χ2n) is 8.63. The second kappa shape index (κ2) is 9.82. The molecule has 0 saturated carbocycles. The minimum Gasteiger partial charge on any atom is -0.379 e. The Morgan fingerprint density at radius 1 is 0.794 bits per heavy atom. The molecular weight excluding hydrogens is 478 g/mol. The number of aryl methyl sites for hydroxylation is 3. The van der Waals surface area contributed by atoms with Crippen LogP contribution in [0.4, 0.5) is 11.4 Å². The van der Waals surface area contributed by atoms with Crippen LogP contribution in [0.15, 0.2) is 40.1 Å². The van der Waals surface area contributed by atoms with Gasteiger partial charge in [0.25, 0.3) is 10.0 Å². The van der Waals surface area contributed by atoms with Gasteiger partial charge in [-0.1, -0.05) is 17.7 Å². The van der Waals surface area contributed by atoms with E-state index in [0.29, 0.717) is 56.3 Å². The maximum Gasteiger partial charge on any atom is 0.262 e. The van der Waals surface area contributed by atoms with Crippen LogP contribution in [0, 0.1) is 20.8 Å². The first kappa shape index (κ1) is 24.9. The zero-order valence-electron chi connectivity index (χ0n) is 19.7. The molecule has 0 radical (unpaired) electrons. The van der Waals surface area contributed by atoms with E-state index < -0.39 is 20.0 Å². The lowest BCUT2D eigenvalue weighted by Gasteiger charge is -2.31. The first-order chi connectivity index (χ1) is 16.1. The Morgan fingerprint density at radius 2 is 1.35 bits per heavy atom. The smallest absolute Gasteiger partial charge is 0.262 e. The van der Waals surface area contributed by atoms with Gasteiger partial charge >= 0.3 is 0 Å². The molecule has 2 heterocycles. The third-order valence-corrected chi connectivity index (χ3v) is 9.61. The minimum atomic E-state index is -3.98. The molecule has 0 amide bonds. The van der Waals surface area contributed by atoms with Crippen molar-refractivity contribution in [1.29, 1.82) is 0 Å². The molecule has 0 aliphatic carbocycles. The molecule has 2 aliphatic rings. The number of hydrogen-bond donors (Lipinski definition) is 1. The van der Waals surface area contributed by atoms with Crippen molar-refractivity contribution < 1.29 is 26.3 Å². The van der Waals surface area contributed by atoms with Crippen LogP contribution in [0.5, 0.6) is 0 Å². The number of ether oxygens (including phenoxy) is 2. The SMILES string of the molecule is Cc1cc(C)c(S(=O)(=O)Nc2cc(S(=O)(=O)N3CCOCC3)ccc2N2CCOCC2)c(C)c1. The Bertz CT molecular complexity index is 1240. The maximum atomic E-state index is 13.5. The predicted octanol–water partition coefficient (Wildman–Crippen LogP) is 2.27. The molecule has 0 atom stereocenters. The van der Waals surface area contributed by atoms with Crippen LogP contribution in [0.3, 0.4) is 0 Å². The van der Waals surface area contributed by atoms with E-state index in [2.05, 4.69) is 4.72 Å². The van der Waals surface area contributed by atoms with Crippen molar-refractivity contribution in [3.8, 4) is 0 Å². The molecule has 0 bridgehead atoms. The predicted molar refractivity (Wildman–Crippen MR) is 131 cm³/mol. The van der Waals surface area contributed by atoms with Gasteiger partial charge in [0.1, 0.15) is 0 Å². The summed E-state index contributed by atoms with van der Waals surface area (Å²) in [6, 6.07) is 8.28. The van der Waals surface area contributed by atoms with E-state index in [-0.39, 0.29) is 28.6 Å². The molecule has 9 nitrogen and oxygen atoms in total. The summed E-state index contributed by atoms with van der Waals surface area (Å²) in [7, 11) is -7.77. The van der Waals surface area contributed by atoms with Crippen LogP contribution in [0.25, 0.3) is 0 Å². The van der Waals surface area contributed by atoms with Crippen molar-refractivity contribution in [2.24, 2.45) is 0 Å². The molecule has 4 rings (SSSR count). The van der Waals surface area contributed by atoms with E-state index in [0.717, 1.165) is 5.56 Å². The summed E-state index contributed by atoms with van der Waals surface area (Å²) in [6.07, 6.45) is 0. The number of nitrogens with one attached hydrogen (secondary N) is 1. The average Bonchev–Trinajstić information content (AvgIpc) is 2.79. The Morgan fingerprint density at radius 3 is 1.94 bits per heavy atom. The van der Waals surface area contributed by atoms with Gasteiger partial charge in [0.15, 0.2) is 0 Å². The van der Waals surface area contributed by atoms with Crippen molar-refractivity contribution >= 4 is 31.4 Å². The minimum absolute atomic E-state index is 0.0430. The van der Waals surface area contributed by atoms with Crippen LogP contribution in [0.1, 0.15) is 16.7 Å². The van der Waals surface area contributed by atoms with Crippen LogP contribution < -0.4 is 9.62 Å². The molecule has 11 heteroatoms. The highest BCUT2D eigenvalue weighted by molar-refractivity contribution is 7.93. The Hall–Kier alpha value is -2.18.